The van der Waals surface area contributed by atoms with Crippen molar-refractivity contribution in [1.82, 2.24) is 0 Å². The largest absolute Gasteiger partial charge is 0.383 e. The van der Waals surface area contributed by atoms with E-state index in [2.05, 4.69) is 0 Å². The summed E-state index contributed by atoms with van der Waals surface area (Å²) < 4.78 is 4.97. The molecular weight excluding hydrogens is 186 g/mol. The summed E-state index contributed by atoms with van der Waals surface area (Å²) in [5.41, 5.74) is 7.96. The van der Waals surface area contributed by atoms with Crippen LogP contribution in [0.15, 0.2) is 18.2 Å². The molecular formula is C10H14ClNO. The van der Waals surface area contributed by atoms with Gasteiger partial charge in [0, 0.05) is 12.1 Å². The van der Waals surface area contributed by atoms with E-state index in [4.69, 9.17) is 22.1 Å². The summed E-state index contributed by atoms with van der Waals surface area (Å²) in [5, 5.41) is 0.772. The lowest BCUT2D eigenvalue weighted by Gasteiger charge is -2.11. The highest BCUT2D eigenvalue weighted by molar-refractivity contribution is 6.31. The minimum Gasteiger partial charge on any atom is -0.383 e. The Morgan fingerprint density at radius 3 is 2.77 bits per heavy atom. The Hall–Kier alpha value is -0.570. The van der Waals surface area contributed by atoms with Gasteiger partial charge in [-0.25, -0.2) is 0 Å². The lowest BCUT2D eigenvalue weighted by molar-refractivity contribution is 0.181. The molecule has 0 fully saturated rings. The lowest BCUT2D eigenvalue weighted by Crippen LogP contribution is -2.16. The van der Waals surface area contributed by atoms with Gasteiger partial charge in [-0.1, -0.05) is 23.7 Å². The third-order valence-electron chi connectivity index (χ3n) is 1.96. The first-order chi connectivity index (χ1) is 6.15. The number of nitrogens with two attached hydrogens (primary N) is 1. The van der Waals surface area contributed by atoms with Gasteiger partial charge in [-0.15, -0.1) is 0 Å². The van der Waals surface area contributed by atoms with Crippen molar-refractivity contribution in [2.24, 2.45) is 5.73 Å². The molecule has 0 amide bonds. The van der Waals surface area contributed by atoms with E-state index in [0.29, 0.717) is 6.61 Å². The summed E-state index contributed by atoms with van der Waals surface area (Å²) in [6.45, 7) is 2.49. The Kier molecular flexibility index (Phi) is 3.72. The fraction of sp³-hybridized carbons (Fsp3) is 0.400. The molecule has 0 heterocycles. The van der Waals surface area contributed by atoms with Crippen LogP contribution < -0.4 is 5.73 Å². The van der Waals surface area contributed by atoms with E-state index >= 15 is 0 Å². The van der Waals surface area contributed by atoms with E-state index in [9.17, 15) is 0 Å². The van der Waals surface area contributed by atoms with Crippen LogP contribution in [-0.2, 0) is 4.74 Å². The average Bonchev–Trinajstić information content (AvgIpc) is 2.10. The van der Waals surface area contributed by atoms with Crippen LogP contribution in [0.5, 0.6) is 0 Å². The van der Waals surface area contributed by atoms with Crippen LogP contribution in [0, 0.1) is 6.92 Å². The van der Waals surface area contributed by atoms with Gasteiger partial charge in [-0.2, -0.15) is 0 Å². The molecule has 0 bridgehead atoms. The van der Waals surface area contributed by atoms with Gasteiger partial charge in [0.1, 0.15) is 0 Å². The number of halogens is 1. The molecule has 1 rings (SSSR count). The van der Waals surface area contributed by atoms with Crippen molar-refractivity contribution >= 4 is 11.6 Å². The molecule has 1 atom stereocenters. The van der Waals surface area contributed by atoms with Crippen LogP contribution in [0.3, 0.4) is 0 Å². The number of rotatable bonds is 3. The molecule has 0 saturated heterocycles. The fourth-order valence-electron chi connectivity index (χ4n) is 1.17. The summed E-state index contributed by atoms with van der Waals surface area (Å²) in [7, 11) is 1.64. The topological polar surface area (TPSA) is 35.2 Å². The normalized spacial score (nSPS) is 12.9. The van der Waals surface area contributed by atoms with Crippen molar-refractivity contribution < 1.29 is 4.74 Å². The molecule has 0 spiro atoms. The lowest BCUT2D eigenvalue weighted by atomic mass is 10.1. The highest BCUT2D eigenvalue weighted by Gasteiger charge is 2.06. The molecule has 0 aliphatic carbocycles. The van der Waals surface area contributed by atoms with Crippen LogP contribution in [0.1, 0.15) is 17.2 Å². The van der Waals surface area contributed by atoms with Gasteiger partial charge in [0.15, 0.2) is 0 Å². The zero-order valence-electron chi connectivity index (χ0n) is 7.88. The van der Waals surface area contributed by atoms with E-state index in [1.807, 2.05) is 25.1 Å². The van der Waals surface area contributed by atoms with Crippen LogP contribution >= 0.6 is 11.6 Å². The van der Waals surface area contributed by atoms with E-state index in [0.717, 1.165) is 16.1 Å². The van der Waals surface area contributed by atoms with Gasteiger partial charge in [0.25, 0.3) is 0 Å². The number of aryl methyl sites for hydroxylation is 1. The van der Waals surface area contributed by atoms with Crippen LogP contribution in [0.2, 0.25) is 5.02 Å². The minimum atomic E-state index is -0.0685. The molecule has 72 valence electrons. The van der Waals surface area contributed by atoms with Crippen LogP contribution in [-0.4, -0.2) is 13.7 Å². The van der Waals surface area contributed by atoms with Crippen molar-refractivity contribution in [3.63, 3.8) is 0 Å². The molecule has 2 nitrogen and oxygen atoms in total. The number of ether oxygens (including phenoxy) is 1. The van der Waals surface area contributed by atoms with E-state index in [-0.39, 0.29) is 6.04 Å². The fourth-order valence-corrected chi connectivity index (χ4v) is 1.29. The highest BCUT2D eigenvalue weighted by atomic mass is 35.5. The summed E-state index contributed by atoms with van der Waals surface area (Å²) >= 11 is 5.89. The second-order valence-electron chi connectivity index (χ2n) is 3.07. The molecule has 0 radical (unpaired) electrons. The summed E-state index contributed by atoms with van der Waals surface area (Å²) in [6.07, 6.45) is 0. The van der Waals surface area contributed by atoms with Crippen molar-refractivity contribution in [2.75, 3.05) is 13.7 Å². The third-order valence-corrected chi connectivity index (χ3v) is 2.38. The SMILES string of the molecule is COCC(N)c1ccc(Cl)c(C)c1. The Labute approximate surface area is 83.6 Å². The van der Waals surface area contributed by atoms with Crippen molar-refractivity contribution in [2.45, 2.75) is 13.0 Å². The first kappa shape index (κ1) is 10.5. The minimum absolute atomic E-state index is 0.0685. The van der Waals surface area contributed by atoms with Crippen molar-refractivity contribution in [3.05, 3.63) is 34.3 Å². The highest BCUT2D eigenvalue weighted by Crippen LogP contribution is 2.19. The Morgan fingerprint density at radius 2 is 2.23 bits per heavy atom. The number of hydrogen-bond donors (Lipinski definition) is 1. The molecule has 0 aromatic heterocycles. The standard InChI is InChI=1S/C10H14ClNO/c1-7-5-8(3-4-9(7)11)10(12)6-13-2/h3-5,10H,6,12H2,1-2H3. The second kappa shape index (κ2) is 4.61. The molecule has 0 aliphatic heterocycles. The Balaban J connectivity index is 2.84. The summed E-state index contributed by atoms with van der Waals surface area (Å²) in [6, 6.07) is 5.72. The average molecular weight is 200 g/mol. The van der Waals surface area contributed by atoms with E-state index in [1.54, 1.807) is 7.11 Å². The molecule has 13 heavy (non-hydrogen) atoms. The molecule has 1 unspecified atom stereocenters. The zero-order valence-corrected chi connectivity index (χ0v) is 8.64. The Morgan fingerprint density at radius 1 is 1.54 bits per heavy atom. The summed E-state index contributed by atoms with van der Waals surface area (Å²) in [5.74, 6) is 0. The molecule has 3 heteroatoms. The number of hydrogen-bond acceptors (Lipinski definition) is 2. The van der Waals surface area contributed by atoms with Gasteiger partial charge in [0.05, 0.1) is 12.6 Å². The van der Waals surface area contributed by atoms with Crippen LogP contribution in [0.4, 0.5) is 0 Å². The van der Waals surface area contributed by atoms with Gasteiger partial charge in [-0.05, 0) is 24.1 Å². The molecule has 1 aromatic carbocycles. The van der Waals surface area contributed by atoms with Gasteiger partial charge >= 0.3 is 0 Å². The predicted molar refractivity (Wildman–Crippen MR) is 55.0 cm³/mol. The van der Waals surface area contributed by atoms with E-state index in [1.165, 1.54) is 0 Å². The van der Waals surface area contributed by atoms with Gasteiger partial charge < -0.3 is 10.5 Å². The maximum absolute atomic E-state index is 5.89. The molecule has 1 aromatic rings. The summed E-state index contributed by atoms with van der Waals surface area (Å²) in [4.78, 5) is 0. The maximum atomic E-state index is 5.89. The smallest absolute Gasteiger partial charge is 0.0655 e. The monoisotopic (exact) mass is 199 g/mol. The quantitative estimate of drug-likeness (QED) is 0.811. The maximum Gasteiger partial charge on any atom is 0.0655 e. The Bertz CT molecular complexity index is 288. The number of benzene rings is 1. The van der Waals surface area contributed by atoms with E-state index < -0.39 is 0 Å². The second-order valence-corrected chi connectivity index (χ2v) is 3.48. The molecule has 0 saturated carbocycles. The third kappa shape index (κ3) is 2.69. The van der Waals surface area contributed by atoms with Crippen LogP contribution in [0.25, 0.3) is 0 Å². The first-order valence-electron chi connectivity index (χ1n) is 4.15. The first-order valence-corrected chi connectivity index (χ1v) is 4.53. The van der Waals surface area contributed by atoms with Gasteiger partial charge in [-0.3, -0.25) is 0 Å². The van der Waals surface area contributed by atoms with Crippen molar-refractivity contribution in [1.29, 1.82) is 0 Å². The molecule has 2 N–H and O–H groups in total. The zero-order chi connectivity index (χ0) is 9.84. The molecule has 0 aliphatic rings. The van der Waals surface area contributed by atoms with Crippen molar-refractivity contribution in [3.8, 4) is 0 Å². The van der Waals surface area contributed by atoms with Gasteiger partial charge in [0.2, 0.25) is 0 Å². The predicted octanol–water partition coefficient (Wildman–Crippen LogP) is 2.29. The number of methoxy groups -OCH3 is 1.